The minimum Gasteiger partial charge on any atom is -0.407 e. The minimum atomic E-state index is -0.839. The van der Waals surface area contributed by atoms with E-state index in [0.717, 1.165) is 10.6 Å². The summed E-state index contributed by atoms with van der Waals surface area (Å²) in [4.78, 5) is 34.0. The fraction of sp³-hybridized carbons (Fsp3) is 0.0667. The van der Waals surface area contributed by atoms with Gasteiger partial charge in [-0.25, -0.2) is 9.18 Å². The van der Waals surface area contributed by atoms with E-state index in [2.05, 4.69) is 5.32 Å². The van der Waals surface area contributed by atoms with Crippen LogP contribution in [0.3, 0.4) is 0 Å². The van der Waals surface area contributed by atoms with Crippen LogP contribution in [0.25, 0.3) is 11.1 Å². The maximum absolute atomic E-state index is 13.5. The van der Waals surface area contributed by atoms with Crippen LogP contribution in [0.15, 0.2) is 51.7 Å². The Morgan fingerprint density at radius 1 is 1.29 bits per heavy atom. The summed E-state index contributed by atoms with van der Waals surface area (Å²) in [7, 11) is 0. The van der Waals surface area contributed by atoms with Crippen molar-refractivity contribution in [3.8, 4) is 0 Å². The highest BCUT2D eigenvalue weighted by atomic mass is 19.1. The molecule has 0 aliphatic rings. The number of hydrogen-bond donors (Lipinski definition) is 1. The Hall–Kier alpha value is -3.49. The van der Waals surface area contributed by atoms with E-state index in [0.29, 0.717) is 0 Å². The molecule has 0 atom stereocenters. The van der Waals surface area contributed by atoms with Crippen molar-refractivity contribution in [2.75, 3.05) is 5.32 Å². The third kappa shape index (κ3) is 2.86. The van der Waals surface area contributed by atoms with Gasteiger partial charge in [-0.2, -0.15) is 0 Å². The average Bonchev–Trinajstić information content (AvgIpc) is 2.84. The quantitative estimate of drug-likeness (QED) is 0.583. The first-order chi connectivity index (χ1) is 11.5. The van der Waals surface area contributed by atoms with Gasteiger partial charge >= 0.3 is 5.76 Å². The van der Waals surface area contributed by atoms with Gasteiger partial charge in [0.05, 0.1) is 22.2 Å². The molecular weight excluding hydrogens is 321 g/mol. The number of nitrogens with zero attached hydrogens (tertiary/aromatic N) is 2. The number of halogens is 1. The van der Waals surface area contributed by atoms with Crippen molar-refractivity contribution < 1.29 is 18.5 Å². The molecule has 0 saturated heterocycles. The van der Waals surface area contributed by atoms with Gasteiger partial charge < -0.3 is 9.73 Å². The number of nitro benzene ring substituents is 1. The van der Waals surface area contributed by atoms with E-state index in [4.69, 9.17) is 4.42 Å². The van der Waals surface area contributed by atoms with Crippen molar-refractivity contribution in [3.05, 3.63) is 68.9 Å². The number of anilines is 1. The van der Waals surface area contributed by atoms with E-state index in [9.17, 15) is 24.1 Å². The van der Waals surface area contributed by atoms with E-state index in [-0.39, 0.29) is 22.5 Å². The Morgan fingerprint density at radius 3 is 2.75 bits per heavy atom. The van der Waals surface area contributed by atoms with Gasteiger partial charge in [0.15, 0.2) is 5.58 Å². The SMILES string of the molecule is O=C(Cn1c(=O)oc2cc([N+](=O)[O-])ccc21)Nc1ccccc1F. The molecule has 0 bridgehead atoms. The molecule has 0 saturated carbocycles. The number of nitrogens with one attached hydrogen (secondary N) is 1. The number of carbonyl (C=O) groups is 1. The van der Waals surface area contributed by atoms with Gasteiger partial charge in [-0.15, -0.1) is 0 Å². The molecule has 1 heterocycles. The Kier molecular flexibility index (Phi) is 3.82. The smallest absolute Gasteiger partial charge is 0.407 e. The molecule has 9 heteroatoms. The molecular formula is C15H10FN3O5. The fourth-order valence-corrected chi connectivity index (χ4v) is 2.21. The minimum absolute atomic E-state index is 0.00658. The Balaban J connectivity index is 1.88. The summed E-state index contributed by atoms with van der Waals surface area (Å²) in [5, 5.41) is 13.1. The number of aromatic nitrogens is 1. The standard InChI is InChI=1S/C15H10FN3O5/c16-10-3-1-2-4-11(10)17-14(20)8-18-12-6-5-9(19(22)23)7-13(12)24-15(18)21/h1-7H,8H2,(H,17,20). The summed E-state index contributed by atoms with van der Waals surface area (Å²) in [5.74, 6) is -2.08. The molecule has 8 nitrogen and oxygen atoms in total. The number of oxazole rings is 1. The van der Waals surface area contributed by atoms with Gasteiger partial charge in [0.1, 0.15) is 12.4 Å². The van der Waals surface area contributed by atoms with Gasteiger partial charge in [-0.3, -0.25) is 19.5 Å². The van der Waals surface area contributed by atoms with Crippen molar-refractivity contribution in [2.45, 2.75) is 6.54 Å². The van der Waals surface area contributed by atoms with Crippen LogP contribution in [-0.2, 0) is 11.3 Å². The van der Waals surface area contributed by atoms with Gasteiger partial charge in [-0.1, -0.05) is 12.1 Å². The number of nitro groups is 1. The van der Waals surface area contributed by atoms with E-state index >= 15 is 0 Å². The van der Waals surface area contributed by atoms with Crippen LogP contribution < -0.4 is 11.1 Å². The molecule has 1 aromatic heterocycles. The summed E-state index contributed by atoms with van der Waals surface area (Å²) in [6.45, 7) is -0.419. The number of non-ortho nitro benzene ring substituents is 1. The maximum atomic E-state index is 13.5. The van der Waals surface area contributed by atoms with Crippen molar-refractivity contribution in [1.82, 2.24) is 4.57 Å². The van der Waals surface area contributed by atoms with Crippen LogP contribution >= 0.6 is 0 Å². The van der Waals surface area contributed by atoms with Crippen LogP contribution in [-0.4, -0.2) is 15.4 Å². The lowest BCUT2D eigenvalue weighted by molar-refractivity contribution is -0.384. The number of rotatable bonds is 4. The topological polar surface area (TPSA) is 107 Å². The van der Waals surface area contributed by atoms with E-state index in [1.165, 1.54) is 30.3 Å². The molecule has 0 unspecified atom stereocenters. The third-order valence-electron chi connectivity index (χ3n) is 3.31. The summed E-state index contributed by atoms with van der Waals surface area (Å²) >= 11 is 0. The predicted octanol–water partition coefficient (Wildman–Crippen LogP) is 2.28. The molecule has 0 aliphatic carbocycles. The molecule has 2 aromatic carbocycles. The Morgan fingerprint density at radius 2 is 2.04 bits per heavy atom. The lowest BCUT2D eigenvalue weighted by Gasteiger charge is -2.06. The normalized spacial score (nSPS) is 10.7. The molecule has 0 spiro atoms. The highest BCUT2D eigenvalue weighted by Crippen LogP contribution is 2.20. The molecule has 0 fully saturated rings. The summed E-state index contributed by atoms with van der Waals surface area (Å²) in [6, 6.07) is 9.21. The van der Waals surface area contributed by atoms with E-state index in [1.54, 1.807) is 6.07 Å². The lowest BCUT2D eigenvalue weighted by atomic mass is 10.3. The monoisotopic (exact) mass is 331 g/mol. The van der Waals surface area contributed by atoms with Crippen LogP contribution in [0.5, 0.6) is 0 Å². The zero-order valence-corrected chi connectivity index (χ0v) is 12.1. The zero-order chi connectivity index (χ0) is 17.3. The molecule has 3 aromatic rings. The first-order valence-corrected chi connectivity index (χ1v) is 6.78. The number of fused-ring (bicyclic) bond motifs is 1. The Bertz CT molecular complexity index is 1010. The highest BCUT2D eigenvalue weighted by molar-refractivity contribution is 5.91. The summed E-state index contributed by atoms with van der Waals surface area (Å²) in [5.41, 5.74) is -0.0274. The Labute approximate surface area is 133 Å². The van der Waals surface area contributed by atoms with Gasteiger partial charge in [0, 0.05) is 6.07 Å². The second kappa shape index (κ2) is 5.95. The van der Waals surface area contributed by atoms with Crippen LogP contribution in [0.1, 0.15) is 0 Å². The van der Waals surface area contributed by atoms with Crippen LogP contribution in [0, 0.1) is 15.9 Å². The molecule has 3 rings (SSSR count). The van der Waals surface area contributed by atoms with Crippen LogP contribution in [0.2, 0.25) is 0 Å². The van der Waals surface area contributed by atoms with Crippen molar-refractivity contribution in [3.63, 3.8) is 0 Å². The van der Waals surface area contributed by atoms with Crippen LogP contribution in [0.4, 0.5) is 15.8 Å². The molecule has 0 radical (unpaired) electrons. The second-order valence-electron chi connectivity index (χ2n) is 4.89. The predicted molar refractivity (Wildman–Crippen MR) is 82.2 cm³/mol. The van der Waals surface area contributed by atoms with E-state index < -0.39 is 28.9 Å². The number of carbonyl (C=O) groups excluding carboxylic acids is 1. The fourth-order valence-electron chi connectivity index (χ4n) is 2.21. The van der Waals surface area contributed by atoms with Gasteiger partial charge in [-0.05, 0) is 18.2 Å². The lowest BCUT2D eigenvalue weighted by Crippen LogP contribution is -2.25. The highest BCUT2D eigenvalue weighted by Gasteiger charge is 2.16. The summed E-state index contributed by atoms with van der Waals surface area (Å²) in [6.07, 6.45) is 0. The first-order valence-electron chi connectivity index (χ1n) is 6.78. The molecule has 1 amide bonds. The van der Waals surface area contributed by atoms with Gasteiger partial charge in [0.25, 0.3) is 5.69 Å². The molecule has 0 aliphatic heterocycles. The molecule has 24 heavy (non-hydrogen) atoms. The van der Waals surface area contributed by atoms with E-state index in [1.807, 2.05) is 0 Å². The third-order valence-corrected chi connectivity index (χ3v) is 3.31. The van der Waals surface area contributed by atoms with Crippen molar-refractivity contribution in [2.24, 2.45) is 0 Å². The average molecular weight is 331 g/mol. The first kappa shape index (κ1) is 15.4. The van der Waals surface area contributed by atoms with Gasteiger partial charge in [0.2, 0.25) is 5.91 Å². The number of hydrogen-bond acceptors (Lipinski definition) is 5. The number of amides is 1. The number of benzene rings is 2. The van der Waals surface area contributed by atoms with Crippen molar-refractivity contribution in [1.29, 1.82) is 0 Å². The molecule has 1 N–H and O–H groups in total. The maximum Gasteiger partial charge on any atom is 0.420 e. The summed E-state index contributed by atoms with van der Waals surface area (Å²) < 4.78 is 19.4. The molecule has 122 valence electrons. The largest absolute Gasteiger partial charge is 0.420 e. The number of para-hydroxylation sites is 1. The van der Waals surface area contributed by atoms with Crippen molar-refractivity contribution >= 4 is 28.4 Å². The second-order valence-corrected chi connectivity index (χ2v) is 4.89. The zero-order valence-electron chi connectivity index (χ0n) is 12.1.